The fourth-order valence-electron chi connectivity index (χ4n) is 2.09. The van der Waals surface area contributed by atoms with E-state index in [2.05, 4.69) is 34.3 Å². The van der Waals surface area contributed by atoms with Crippen LogP contribution in [0.3, 0.4) is 0 Å². The second-order valence-corrected chi connectivity index (χ2v) is 4.60. The Morgan fingerprint density at radius 2 is 2.11 bits per heavy atom. The van der Waals surface area contributed by atoms with Gasteiger partial charge >= 0.3 is 0 Å². The standard InChI is InChI=1S/C14H18N4O/c1-3-10(2)12(11-7-5-4-6-8-11)13(19)17-14-15-9-16-18-14/h4-10,12H,3H2,1-2H3,(H2,15,16,17,18,19). The molecule has 1 heterocycles. The number of H-pyrrole nitrogens is 1. The molecule has 0 saturated carbocycles. The number of carbonyl (C=O) groups excluding carboxylic acids is 1. The van der Waals surface area contributed by atoms with Crippen LogP contribution >= 0.6 is 0 Å². The Morgan fingerprint density at radius 3 is 2.68 bits per heavy atom. The van der Waals surface area contributed by atoms with Crippen LogP contribution in [0.2, 0.25) is 0 Å². The SMILES string of the molecule is CCC(C)C(C(=O)Nc1ncn[nH]1)c1ccccc1. The van der Waals surface area contributed by atoms with Crippen LogP contribution in [-0.2, 0) is 4.79 Å². The van der Waals surface area contributed by atoms with Crippen molar-refractivity contribution in [3.05, 3.63) is 42.2 Å². The molecule has 100 valence electrons. The first kappa shape index (κ1) is 13.3. The Balaban J connectivity index is 2.20. The van der Waals surface area contributed by atoms with E-state index in [1.165, 1.54) is 6.33 Å². The molecule has 0 bridgehead atoms. The van der Waals surface area contributed by atoms with Crippen molar-refractivity contribution in [2.75, 3.05) is 5.32 Å². The van der Waals surface area contributed by atoms with Crippen molar-refractivity contribution in [1.82, 2.24) is 15.2 Å². The van der Waals surface area contributed by atoms with Crippen molar-refractivity contribution in [3.63, 3.8) is 0 Å². The van der Waals surface area contributed by atoms with E-state index in [0.717, 1.165) is 12.0 Å². The highest BCUT2D eigenvalue weighted by Gasteiger charge is 2.26. The van der Waals surface area contributed by atoms with Crippen LogP contribution in [0.4, 0.5) is 5.95 Å². The van der Waals surface area contributed by atoms with E-state index in [1.807, 2.05) is 30.3 Å². The third kappa shape index (κ3) is 3.19. The molecule has 0 spiro atoms. The molecular weight excluding hydrogens is 240 g/mol. The molecule has 0 aliphatic heterocycles. The smallest absolute Gasteiger partial charge is 0.234 e. The van der Waals surface area contributed by atoms with E-state index < -0.39 is 0 Å². The molecule has 2 atom stereocenters. The van der Waals surface area contributed by atoms with Crippen molar-refractivity contribution in [2.24, 2.45) is 5.92 Å². The van der Waals surface area contributed by atoms with Crippen molar-refractivity contribution in [3.8, 4) is 0 Å². The summed E-state index contributed by atoms with van der Waals surface area (Å²) in [6.07, 6.45) is 2.31. The summed E-state index contributed by atoms with van der Waals surface area (Å²) in [6.45, 7) is 4.17. The lowest BCUT2D eigenvalue weighted by Gasteiger charge is -2.22. The van der Waals surface area contributed by atoms with Crippen LogP contribution in [0.1, 0.15) is 31.7 Å². The molecule has 2 N–H and O–H groups in total. The molecule has 2 unspecified atom stereocenters. The topological polar surface area (TPSA) is 70.7 Å². The van der Waals surface area contributed by atoms with Gasteiger partial charge in [0.1, 0.15) is 6.33 Å². The van der Waals surface area contributed by atoms with E-state index in [0.29, 0.717) is 5.95 Å². The molecule has 0 aliphatic rings. The first-order valence-electron chi connectivity index (χ1n) is 6.43. The quantitative estimate of drug-likeness (QED) is 0.865. The van der Waals surface area contributed by atoms with E-state index in [4.69, 9.17) is 0 Å². The van der Waals surface area contributed by atoms with Gasteiger partial charge in [0.25, 0.3) is 0 Å². The number of aromatic nitrogens is 3. The fourth-order valence-corrected chi connectivity index (χ4v) is 2.09. The van der Waals surface area contributed by atoms with Crippen LogP contribution < -0.4 is 5.32 Å². The number of aromatic amines is 1. The summed E-state index contributed by atoms with van der Waals surface area (Å²) in [7, 11) is 0. The summed E-state index contributed by atoms with van der Waals surface area (Å²) < 4.78 is 0. The highest BCUT2D eigenvalue weighted by atomic mass is 16.2. The number of rotatable bonds is 5. The van der Waals surface area contributed by atoms with Crippen molar-refractivity contribution >= 4 is 11.9 Å². The summed E-state index contributed by atoms with van der Waals surface area (Å²) >= 11 is 0. The highest BCUT2D eigenvalue weighted by Crippen LogP contribution is 2.27. The maximum absolute atomic E-state index is 12.4. The van der Waals surface area contributed by atoms with Gasteiger partial charge in [-0.1, -0.05) is 50.6 Å². The van der Waals surface area contributed by atoms with Crippen LogP contribution in [0.15, 0.2) is 36.7 Å². The average Bonchev–Trinajstić information content (AvgIpc) is 2.93. The van der Waals surface area contributed by atoms with Gasteiger partial charge in [-0.05, 0) is 11.5 Å². The maximum atomic E-state index is 12.4. The first-order valence-corrected chi connectivity index (χ1v) is 6.43. The largest absolute Gasteiger partial charge is 0.294 e. The van der Waals surface area contributed by atoms with Crippen molar-refractivity contribution < 1.29 is 4.79 Å². The number of anilines is 1. The van der Waals surface area contributed by atoms with E-state index in [9.17, 15) is 4.79 Å². The molecule has 0 aliphatic carbocycles. The second-order valence-electron chi connectivity index (χ2n) is 4.60. The number of nitrogens with one attached hydrogen (secondary N) is 2. The molecule has 2 aromatic rings. The van der Waals surface area contributed by atoms with Gasteiger partial charge < -0.3 is 0 Å². The van der Waals surface area contributed by atoms with Gasteiger partial charge in [-0.25, -0.2) is 5.10 Å². The number of nitrogens with zero attached hydrogens (tertiary/aromatic N) is 2. The van der Waals surface area contributed by atoms with Crippen LogP contribution in [-0.4, -0.2) is 21.1 Å². The maximum Gasteiger partial charge on any atom is 0.234 e. The summed E-state index contributed by atoms with van der Waals surface area (Å²) in [6, 6.07) is 9.82. The molecule has 5 nitrogen and oxygen atoms in total. The van der Waals surface area contributed by atoms with Crippen LogP contribution in [0, 0.1) is 5.92 Å². The lowest BCUT2D eigenvalue weighted by atomic mass is 9.85. The fraction of sp³-hybridized carbons (Fsp3) is 0.357. The van der Waals surface area contributed by atoms with Gasteiger partial charge in [-0.15, -0.1) is 0 Å². The van der Waals surface area contributed by atoms with E-state index in [1.54, 1.807) is 0 Å². The minimum absolute atomic E-state index is 0.0581. The lowest BCUT2D eigenvalue weighted by Crippen LogP contribution is -2.26. The van der Waals surface area contributed by atoms with Gasteiger partial charge in [-0.2, -0.15) is 10.1 Å². The van der Waals surface area contributed by atoms with Crippen LogP contribution in [0.25, 0.3) is 0 Å². The molecular formula is C14H18N4O. The predicted molar refractivity (Wildman–Crippen MR) is 73.7 cm³/mol. The normalized spacial score (nSPS) is 13.8. The number of benzene rings is 1. The average molecular weight is 258 g/mol. The zero-order valence-electron chi connectivity index (χ0n) is 11.1. The predicted octanol–water partition coefficient (Wildman–Crippen LogP) is 2.57. The van der Waals surface area contributed by atoms with Crippen molar-refractivity contribution in [2.45, 2.75) is 26.2 Å². The van der Waals surface area contributed by atoms with Crippen LogP contribution in [0.5, 0.6) is 0 Å². The van der Waals surface area contributed by atoms with E-state index in [-0.39, 0.29) is 17.7 Å². The third-order valence-corrected chi connectivity index (χ3v) is 3.31. The Kier molecular flexibility index (Phi) is 4.28. The first-order chi connectivity index (χ1) is 9.22. The Hall–Kier alpha value is -2.17. The Bertz CT molecular complexity index is 510. The number of hydrogen-bond acceptors (Lipinski definition) is 3. The molecule has 0 fully saturated rings. The van der Waals surface area contributed by atoms with Gasteiger partial charge in [0.05, 0.1) is 5.92 Å². The summed E-state index contributed by atoms with van der Waals surface area (Å²) in [5.41, 5.74) is 1.02. The monoisotopic (exact) mass is 258 g/mol. The van der Waals surface area contributed by atoms with E-state index >= 15 is 0 Å². The zero-order chi connectivity index (χ0) is 13.7. The van der Waals surface area contributed by atoms with Gasteiger partial charge in [0.2, 0.25) is 11.9 Å². The zero-order valence-corrected chi connectivity index (χ0v) is 11.1. The van der Waals surface area contributed by atoms with Gasteiger partial charge in [0, 0.05) is 0 Å². The highest BCUT2D eigenvalue weighted by molar-refractivity contribution is 5.94. The third-order valence-electron chi connectivity index (χ3n) is 3.31. The molecule has 0 radical (unpaired) electrons. The Morgan fingerprint density at radius 1 is 1.37 bits per heavy atom. The molecule has 1 aromatic heterocycles. The summed E-state index contributed by atoms with van der Waals surface area (Å²) in [4.78, 5) is 16.3. The minimum atomic E-state index is -0.184. The molecule has 0 saturated heterocycles. The Labute approximate surface area is 112 Å². The number of carbonyl (C=O) groups is 1. The molecule has 19 heavy (non-hydrogen) atoms. The van der Waals surface area contributed by atoms with Gasteiger partial charge in [0.15, 0.2) is 0 Å². The minimum Gasteiger partial charge on any atom is -0.294 e. The molecule has 2 rings (SSSR count). The molecule has 5 heteroatoms. The number of amides is 1. The summed E-state index contributed by atoms with van der Waals surface area (Å²) in [5.74, 6) is 0.396. The number of hydrogen-bond donors (Lipinski definition) is 2. The second kappa shape index (κ2) is 6.13. The lowest BCUT2D eigenvalue weighted by molar-refractivity contribution is -0.118. The van der Waals surface area contributed by atoms with Gasteiger partial charge in [-0.3, -0.25) is 10.1 Å². The molecule has 1 amide bonds. The van der Waals surface area contributed by atoms with Crippen molar-refractivity contribution in [1.29, 1.82) is 0 Å². The summed E-state index contributed by atoms with van der Waals surface area (Å²) in [5, 5.41) is 9.13. The molecule has 1 aromatic carbocycles.